The molecule has 22 heavy (non-hydrogen) atoms. The van der Waals surface area contributed by atoms with Gasteiger partial charge in [0.15, 0.2) is 0 Å². The molecule has 0 unspecified atom stereocenters. The summed E-state index contributed by atoms with van der Waals surface area (Å²) in [5.74, 6) is 0.0747. The van der Waals surface area contributed by atoms with Gasteiger partial charge in [0.1, 0.15) is 0 Å². The van der Waals surface area contributed by atoms with Gasteiger partial charge < -0.3 is 15.2 Å². The summed E-state index contributed by atoms with van der Waals surface area (Å²) in [7, 11) is 1.81. The second kappa shape index (κ2) is 7.28. The van der Waals surface area contributed by atoms with E-state index >= 15 is 0 Å². The van der Waals surface area contributed by atoms with Crippen molar-refractivity contribution in [3.05, 3.63) is 0 Å². The zero-order valence-corrected chi connectivity index (χ0v) is 13.7. The summed E-state index contributed by atoms with van der Waals surface area (Å²) >= 11 is 0. The summed E-state index contributed by atoms with van der Waals surface area (Å²) in [6.07, 6.45) is 10.0. The summed E-state index contributed by atoms with van der Waals surface area (Å²) < 4.78 is 5.42. The molecule has 126 valence electrons. The first kappa shape index (κ1) is 16.2. The van der Waals surface area contributed by atoms with Crippen LogP contribution >= 0.6 is 0 Å². The van der Waals surface area contributed by atoms with E-state index in [2.05, 4.69) is 10.2 Å². The highest BCUT2D eigenvalue weighted by Gasteiger charge is 2.38. The number of carbonyl (C=O) groups is 1. The average Bonchev–Trinajstić information content (AvgIpc) is 3.26. The van der Waals surface area contributed by atoms with Crippen LogP contribution in [0.1, 0.15) is 51.4 Å². The topological polar surface area (TPSA) is 61.8 Å². The van der Waals surface area contributed by atoms with Crippen molar-refractivity contribution in [3.8, 4) is 0 Å². The molecule has 3 saturated carbocycles. The van der Waals surface area contributed by atoms with Crippen LogP contribution in [0, 0.1) is 5.92 Å². The van der Waals surface area contributed by atoms with Crippen molar-refractivity contribution in [1.82, 2.24) is 10.2 Å². The van der Waals surface area contributed by atoms with Gasteiger partial charge in [0, 0.05) is 31.8 Å². The molecule has 0 bridgehead atoms. The minimum Gasteiger partial charge on any atom is -0.480 e. The molecule has 2 N–H and O–H groups in total. The van der Waals surface area contributed by atoms with Crippen molar-refractivity contribution in [3.63, 3.8) is 0 Å². The first-order valence-electron chi connectivity index (χ1n) is 8.88. The lowest BCUT2D eigenvalue weighted by Gasteiger charge is -2.45. The van der Waals surface area contributed by atoms with Gasteiger partial charge in [-0.05, 0) is 57.3 Å². The first-order chi connectivity index (χ1) is 10.6. The monoisotopic (exact) mass is 310 g/mol. The molecule has 0 radical (unpaired) electrons. The van der Waals surface area contributed by atoms with E-state index < -0.39 is 5.97 Å². The third-order valence-corrected chi connectivity index (χ3v) is 5.64. The fourth-order valence-corrected chi connectivity index (χ4v) is 3.97. The van der Waals surface area contributed by atoms with Crippen molar-refractivity contribution < 1.29 is 14.6 Å². The molecule has 0 heterocycles. The van der Waals surface area contributed by atoms with Crippen molar-refractivity contribution in [2.24, 2.45) is 5.92 Å². The largest absolute Gasteiger partial charge is 0.480 e. The summed E-state index contributed by atoms with van der Waals surface area (Å²) in [5.41, 5.74) is 0. The molecular weight excluding hydrogens is 280 g/mol. The van der Waals surface area contributed by atoms with Gasteiger partial charge in [0.05, 0.1) is 12.6 Å². The van der Waals surface area contributed by atoms with Crippen molar-refractivity contribution in [2.45, 2.75) is 75.6 Å². The molecule has 0 saturated heterocycles. The van der Waals surface area contributed by atoms with Gasteiger partial charge in [-0.25, -0.2) is 0 Å². The molecule has 0 amide bonds. The van der Waals surface area contributed by atoms with Crippen LogP contribution in [0.2, 0.25) is 0 Å². The maximum absolute atomic E-state index is 11.0. The summed E-state index contributed by atoms with van der Waals surface area (Å²) in [4.78, 5) is 13.3. The second-order valence-corrected chi connectivity index (χ2v) is 7.46. The standard InChI is InChI=1S/C17H30N2O3/c1-22-16-6-4-13(5-7-16)18-14-8-15(9-14)19(11-17(20)21)10-12-2-3-12/h12-16,18H,2-11H2,1H3,(H,20,21). The quantitative estimate of drug-likeness (QED) is 0.716. The highest BCUT2D eigenvalue weighted by Crippen LogP contribution is 2.34. The summed E-state index contributed by atoms with van der Waals surface area (Å²) in [6.45, 7) is 1.20. The Labute approximate surface area is 133 Å². The summed E-state index contributed by atoms with van der Waals surface area (Å²) in [5, 5.41) is 12.9. The fraction of sp³-hybridized carbons (Fsp3) is 0.941. The predicted molar refractivity (Wildman–Crippen MR) is 84.9 cm³/mol. The van der Waals surface area contributed by atoms with Gasteiger partial charge in [-0.3, -0.25) is 9.69 Å². The number of carboxylic acids is 1. The lowest BCUT2D eigenvalue weighted by atomic mass is 9.83. The number of ether oxygens (including phenoxy) is 1. The van der Waals surface area contributed by atoms with Crippen LogP contribution < -0.4 is 5.32 Å². The third kappa shape index (κ3) is 4.43. The van der Waals surface area contributed by atoms with E-state index in [1.807, 2.05) is 7.11 Å². The van der Waals surface area contributed by atoms with E-state index in [4.69, 9.17) is 9.84 Å². The van der Waals surface area contributed by atoms with E-state index in [1.54, 1.807) is 0 Å². The van der Waals surface area contributed by atoms with Crippen LogP contribution in [0.5, 0.6) is 0 Å². The normalized spacial score (nSPS) is 35.4. The summed E-state index contributed by atoms with van der Waals surface area (Å²) in [6, 6.07) is 1.70. The van der Waals surface area contributed by atoms with Gasteiger partial charge in [-0.1, -0.05) is 0 Å². The van der Waals surface area contributed by atoms with E-state index in [-0.39, 0.29) is 6.54 Å². The molecule has 3 aliphatic carbocycles. The Kier molecular flexibility index (Phi) is 5.37. The van der Waals surface area contributed by atoms with Gasteiger partial charge >= 0.3 is 5.97 Å². The van der Waals surface area contributed by atoms with Crippen LogP contribution in [0.3, 0.4) is 0 Å². The molecule has 3 aliphatic rings. The maximum Gasteiger partial charge on any atom is 0.317 e. The highest BCUT2D eigenvalue weighted by atomic mass is 16.5. The average molecular weight is 310 g/mol. The number of nitrogens with one attached hydrogen (secondary N) is 1. The van der Waals surface area contributed by atoms with E-state index in [0.29, 0.717) is 24.2 Å². The number of rotatable bonds is 8. The molecule has 5 nitrogen and oxygen atoms in total. The Balaban J connectivity index is 1.37. The Morgan fingerprint density at radius 2 is 1.82 bits per heavy atom. The minimum absolute atomic E-state index is 0.215. The Hall–Kier alpha value is -0.650. The van der Waals surface area contributed by atoms with Gasteiger partial charge in [-0.15, -0.1) is 0 Å². The van der Waals surface area contributed by atoms with E-state index in [9.17, 15) is 4.79 Å². The van der Waals surface area contributed by atoms with E-state index in [0.717, 1.165) is 38.1 Å². The van der Waals surface area contributed by atoms with Crippen LogP contribution in [0.15, 0.2) is 0 Å². The Morgan fingerprint density at radius 1 is 1.14 bits per heavy atom. The number of carboxylic acid groups (broad SMARTS) is 1. The van der Waals surface area contributed by atoms with Gasteiger partial charge in [0.2, 0.25) is 0 Å². The van der Waals surface area contributed by atoms with Gasteiger partial charge in [0.25, 0.3) is 0 Å². The number of methoxy groups -OCH3 is 1. The fourth-order valence-electron chi connectivity index (χ4n) is 3.97. The smallest absolute Gasteiger partial charge is 0.317 e. The van der Waals surface area contributed by atoms with Crippen molar-refractivity contribution in [1.29, 1.82) is 0 Å². The van der Waals surface area contributed by atoms with Crippen molar-refractivity contribution in [2.75, 3.05) is 20.2 Å². The van der Waals surface area contributed by atoms with Crippen LogP contribution in [0.25, 0.3) is 0 Å². The van der Waals surface area contributed by atoms with Crippen LogP contribution in [-0.4, -0.2) is 60.4 Å². The number of aliphatic carboxylic acids is 1. The SMILES string of the molecule is COC1CCC(NC2CC(N(CC(=O)O)CC3CC3)C2)CC1. The lowest BCUT2D eigenvalue weighted by molar-refractivity contribution is -0.139. The first-order valence-corrected chi connectivity index (χ1v) is 8.88. The highest BCUT2D eigenvalue weighted by molar-refractivity contribution is 5.69. The van der Waals surface area contributed by atoms with E-state index in [1.165, 1.54) is 25.7 Å². The molecule has 0 aromatic rings. The zero-order chi connectivity index (χ0) is 15.5. The maximum atomic E-state index is 11.0. The molecule has 0 spiro atoms. The Morgan fingerprint density at radius 3 is 2.36 bits per heavy atom. The molecule has 0 aromatic carbocycles. The second-order valence-electron chi connectivity index (χ2n) is 7.46. The molecule has 0 atom stereocenters. The number of hydrogen-bond donors (Lipinski definition) is 2. The molecule has 5 heteroatoms. The van der Waals surface area contributed by atoms with Crippen molar-refractivity contribution >= 4 is 5.97 Å². The molecule has 0 aromatic heterocycles. The lowest BCUT2D eigenvalue weighted by Crippen LogP contribution is -2.56. The number of hydrogen-bond acceptors (Lipinski definition) is 4. The molecule has 3 rings (SSSR count). The molecule has 0 aliphatic heterocycles. The minimum atomic E-state index is -0.685. The van der Waals surface area contributed by atoms with Crippen LogP contribution in [-0.2, 0) is 9.53 Å². The zero-order valence-electron chi connectivity index (χ0n) is 13.7. The predicted octanol–water partition coefficient (Wildman–Crippen LogP) is 1.86. The Bertz CT molecular complexity index is 372. The van der Waals surface area contributed by atoms with Crippen LogP contribution in [0.4, 0.5) is 0 Å². The number of nitrogens with zero attached hydrogens (tertiary/aromatic N) is 1. The molecule has 3 fully saturated rings. The third-order valence-electron chi connectivity index (χ3n) is 5.64. The van der Waals surface area contributed by atoms with Gasteiger partial charge in [-0.2, -0.15) is 0 Å². The molecular formula is C17H30N2O3.